The van der Waals surface area contributed by atoms with Gasteiger partial charge >= 0.3 is 0 Å². The van der Waals surface area contributed by atoms with Crippen molar-refractivity contribution in [2.75, 3.05) is 11.9 Å². The van der Waals surface area contributed by atoms with Crippen LogP contribution in [0.15, 0.2) is 18.2 Å². The lowest BCUT2D eigenvalue weighted by Crippen LogP contribution is -2.20. The highest BCUT2D eigenvalue weighted by atomic mass is 16.2. The maximum Gasteiger partial charge on any atom is 0.233 e. The first-order chi connectivity index (χ1) is 7.43. The van der Waals surface area contributed by atoms with Gasteiger partial charge in [0.1, 0.15) is 0 Å². The van der Waals surface area contributed by atoms with E-state index in [-0.39, 0.29) is 17.2 Å². The minimum atomic E-state index is -0.183. The fourth-order valence-electron chi connectivity index (χ4n) is 2.03. The van der Waals surface area contributed by atoms with E-state index in [9.17, 15) is 4.79 Å². The number of benzene rings is 1. The molecule has 86 valence electrons. The minimum absolute atomic E-state index is 0.0172. The molecule has 3 N–H and O–H groups in total. The average molecular weight is 218 g/mol. The second-order valence-electron chi connectivity index (χ2n) is 5.33. The zero-order valence-corrected chi connectivity index (χ0v) is 10.0. The molecule has 1 heterocycles. The molecule has 0 aromatic heterocycles. The summed E-state index contributed by atoms with van der Waals surface area (Å²) in [6.45, 7) is 6.86. The van der Waals surface area contributed by atoms with Crippen molar-refractivity contribution in [3.8, 4) is 0 Å². The molecular weight excluding hydrogens is 200 g/mol. The van der Waals surface area contributed by atoms with Crippen molar-refractivity contribution < 1.29 is 4.79 Å². The van der Waals surface area contributed by atoms with Crippen LogP contribution in [0.1, 0.15) is 37.8 Å². The van der Waals surface area contributed by atoms with Crippen LogP contribution >= 0.6 is 0 Å². The molecule has 0 radical (unpaired) electrons. The Morgan fingerprint density at radius 1 is 1.38 bits per heavy atom. The smallest absolute Gasteiger partial charge is 0.233 e. The molecule has 1 aromatic rings. The Hall–Kier alpha value is -1.35. The van der Waals surface area contributed by atoms with Gasteiger partial charge in [0.15, 0.2) is 0 Å². The zero-order valence-electron chi connectivity index (χ0n) is 10.0. The van der Waals surface area contributed by atoms with Gasteiger partial charge in [0.2, 0.25) is 5.91 Å². The fraction of sp³-hybridized carbons (Fsp3) is 0.462. The Balaban J connectivity index is 2.47. The quantitative estimate of drug-likeness (QED) is 0.757. The molecule has 0 spiro atoms. The number of hydrogen-bond acceptors (Lipinski definition) is 2. The van der Waals surface area contributed by atoms with Gasteiger partial charge in [-0.1, -0.05) is 32.9 Å². The van der Waals surface area contributed by atoms with Crippen LogP contribution in [0.2, 0.25) is 0 Å². The zero-order chi connectivity index (χ0) is 11.9. The number of carbonyl (C=O) groups is 1. The van der Waals surface area contributed by atoms with E-state index in [0.717, 1.165) is 11.3 Å². The van der Waals surface area contributed by atoms with Gasteiger partial charge in [-0.3, -0.25) is 4.79 Å². The van der Waals surface area contributed by atoms with Gasteiger partial charge in [0, 0.05) is 12.2 Å². The van der Waals surface area contributed by atoms with Crippen molar-refractivity contribution in [1.82, 2.24) is 0 Å². The van der Waals surface area contributed by atoms with E-state index >= 15 is 0 Å². The predicted octanol–water partition coefficient (Wildman–Crippen LogP) is 1.98. The van der Waals surface area contributed by atoms with E-state index in [0.29, 0.717) is 6.54 Å². The maximum absolute atomic E-state index is 11.6. The summed E-state index contributed by atoms with van der Waals surface area (Å²) in [4.78, 5) is 11.6. The number of fused-ring (bicyclic) bond motifs is 1. The van der Waals surface area contributed by atoms with E-state index < -0.39 is 0 Å². The van der Waals surface area contributed by atoms with E-state index in [1.165, 1.54) is 5.56 Å². The molecule has 1 atom stereocenters. The summed E-state index contributed by atoms with van der Waals surface area (Å²) < 4.78 is 0. The Labute approximate surface area is 96.0 Å². The van der Waals surface area contributed by atoms with Crippen molar-refractivity contribution in [3.05, 3.63) is 29.3 Å². The number of nitrogens with one attached hydrogen (secondary N) is 1. The molecule has 0 saturated carbocycles. The van der Waals surface area contributed by atoms with Crippen molar-refractivity contribution in [3.63, 3.8) is 0 Å². The van der Waals surface area contributed by atoms with Crippen molar-refractivity contribution in [1.29, 1.82) is 0 Å². The molecule has 1 amide bonds. The monoisotopic (exact) mass is 218 g/mol. The average Bonchev–Trinajstić information content (AvgIpc) is 2.50. The number of anilines is 1. The first kappa shape index (κ1) is 11.1. The standard InChI is InChI=1S/C13H18N2O/c1-13(2,3)8-4-5-11-9(6-8)10(7-14)12(16)15-11/h4-6,10H,7,14H2,1-3H3,(H,15,16). The van der Waals surface area contributed by atoms with Gasteiger partial charge in [-0.05, 0) is 22.6 Å². The second kappa shape index (κ2) is 3.59. The van der Waals surface area contributed by atoms with Crippen LogP contribution in [0, 0.1) is 0 Å². The van der Waals surface area contributed by atoms with Gasteiger partial charge in [0.05, 0.1) is 5.92 Å². The number of nitrogens with two attached hydrogens (primary N) is 1. The largest absolute Gasteiger partial charge is 0.329 e. The summed E-state index contributed by atoms with van der Waals surface area (Å²) in [5, 5.41) is 2.86. The molecule has 2 rings (SSSR count). The number of amides is 1. The lowest BCUT2D eigenvalue weighted by molar-refractivity contribution is -0.116. The van der Waals surface area contributed by atoms with Gasteiger partial charge in [-0.2, -0.15) is 0 Å². The molecular formula is C13H18N2O. The number of rotatable bonds is 1. The topological polar surface area (TPSA) is 55.1 Å². The molecule has 0 aliphatic carbocycles. The van der Waals surface area contributed by atoms with Gasteiger partial charge in [-0.25, -0.2) is 0 Å². The van der Waals surface area contributed by atoms with Gasteiger partial charge in [0.25, 0.3) is 0 Å². The molecule has 0 saturated heterocycles. The summed E-state index contributed by atoms with van der Waals surface area (Å²) in [5.74, 6) is -0.166. The highest BCUT2D eigenvalue weighted by Gasteiger charge is 2.30. The third-order valence-corrected chi connectivity index (χ3v) is 3.10. The van der Waals surface area contributed by atoms with Crippen LogP contribution in [0.4, 0.5) is 5.69 Å². The van der Waals surface area contributed by atoms with Crippen LogP contribution < -0.4 is 11.1 Å². The first-order valence-corrected chi connectivity index (χ1v) is 5.59. The minimum Gasteiger partial charge on any atom is -0.329 e. The molecule has 3 heteroatoms. The van der Waals surface area contributed by atoms with Gasteiger partial charge in [-0.15, -0.1) is 0 Å². The van der Waals surface area contributed by atoms with E-state index in [1.54, 1.807) is 0 Å². The summed E-state index contributed by atoms with van der Waals surface area (Å²) in [6, 6.07) is 6.15. The normalized spacial score (nSPS) is 19.5. The van der Waals surface area contributed by atoms with Gasteiger partial charge < -0.3 is 11.1 Å². The van der Waals surface area contributed by atoms with E-state index in [4.69, 9.17) is 5.73 Å². The fourth-order valence-corrected chi connectivity index (χ4v) is 2.03. The van der Waals surface area contributed by atoms with Crippen LogP contribution in [0.3, 0.4) is 0 Å². The molecule has 0 bridgehead atoms. The van der Waals surface area contributed by atoms with Crippen LogP contribution in [-0.4, -0.2) is 12.5 Å². The predicted molar refractivity (Wildman–Crippen MR) is 65.6 cm³/mol. The summed E-state index contributed by atoms with van der Waals surface area (Å²) in [7, 11) is 0. The highest BCUT2D eigenvalue weighted by Crippen LogP contribution is 2.35. The molecule has 0 fully saturated rings. The lowest BCUT2D eigenvalue weighted by Gasteiger charge is -2.20. The van der Waals surface area contributed by atoms with Crippen molar-refractivity contribution >= 4 is 11.6 Å². The van der Waals surface area contributed by atoms with Crippen LogP contribution in [0.25, 0.3) is 0 Å². The van der Waals surface area contributed by atoms with Crippen molar-refractivity contribution in [2.24, 2.45) is 5.73 Å². The molecule has 16 heavy (non-hydrogen) atoms. The van der Waals surface area contributed by atoms with E-state index in [1.807, 2.05) is 6.07 Å². The summed E-state index contributed by atoms with van der Waals surface area (Å²) in [5.41, 5.74) is 8.92. The third-order valence-electron chi connectivity index (χ3n) is 3.10. The maximum atomic E-state index is 11.6. The lowest BCUT2D eigenvalue weighted by atomic mass is 9.84. The Morgan fingerprint density at radius 2 is 2.06 bits per heavy atom. The molecule has 3 nitrogen and oxygen atoms in total. The molecule has 1 aliphatic rings. The first-order valence-electron chi connectivity index (χ1n) is 5.59. The third kappa shape index (κ3) is 1.71. The Bertz CT molecular complexity index is 432. The Morgan fingerprint density at radius 3 is 2.62 bits per heavy atom. The Kier molecular flexibility index (Phi) is 2.50. The highest BCUT2D eigenvalue weighted by molar-refractivity contribution is 6.03. The van der Waals surface area contributed by atoms with Crippen LogP contribution in [0.5, 0.6) is 0 Å². The second-order valence-corrected chi connectivity index (χ2v) is 5.33. The molecule has 1 aliphatic heterocycles. The number of hydrogen-bond donors (Lipinski definition) is 2. The number of carbonyl (C=O) groups excluding carboxylic acids is 1. The van der Waals surface area contributed by atoms with Crippen molar-refractivity contribution in [2.45, 2.75) is 32.1 Å². The van der Waals surface area contributed by atoms with Crippen LogP contribution in [-0.2, 0) is 10.2 Å². The van der Waals surface area contributed by atoms with E-state index in [2.05, 4.69) is 38.2 Å². The molecule has 1 unspecified atom stereocenters. The SMILES string of the molecule is CC(C)(C)c1ccc2c(c1)C(CN)C(=O)N2. The molecule has 1 aromatic carbocycles. The summed E-state index contributed by atoms with van der Waals surface area (Å²) in [6.07, 6.45) is 0. The summed E-state index contributed by atoms with van der Waals surface area (Å²) >= 11 is 0.